The summed E-state index contributed by atoms with van der Waals surface area (Å²) in [6, 6.07) is 25.4. The molecule has 0 saturated carbocycles. The molecular formula is C24H26N2O4S. The molecule has 3 rings (SSSR count). The second-order valence-corrected chi connectivity index (χ2v) is 8.93. The Labute approximate surface area is 183 Å². The lowest BCUT2D eigenvalue weighted by Gasteiger charge is -2.25. The average Bonchev–Trinajstić information content (AvgIpc) is 2.77. The van der Waals surface area contributed by atoms with Gasteiger partial charge in [-0.25, -0.2) is 8.42 Å². The first-order valence-corrected chi connectivity index (χ1v) is 11.8. The van der Waals surface area contributed by atoms with Gasteiger partial charge in [0.25, 0.3) is 0 Å². The number of nitrogens with zero attached hydrogens (tertiary/aromatic N) is 1. The minimum atomic E-state index is -3.69. The molecular weight excluding hydrogens is 412 g/mol. The Bertz CT molecular complexity index is 1060. The van der Waals surface area contributed by atoms with Crippen molar-refractivity contribution in [3.8, 4) is 5.75 Å². The normalized spacial score (nSPS) is 11.2. The van der Waals surface area contributed by atoms with Crippen molar-refractivity contribution >= 4 is 21.6 Å². The van der Waals surface area contributed by atoms with E-state index in [0.717, 1.165) is 21.7 Å². The molecule has 3 aromatic rings. The zero-order chi connectivity index (χ0) is 22.3. The van der Waals surface area contributed by atoms with E-state index >= 15 is 0 Å². The molecule has 0 spiro atoms. The number of ether oxygens (including phenoxy) is 1. The molecule has 0 heterocycles. The van der Waals surface area contributed by atoms with Crippen LogP contribution in [0.2, 0.25) is 0 Å². The third-order valence-corrected chi connectivity index (χ3v) is 5.82. The van der Waals surface area contributed by atoms with Crippen molar-refractivity contribution in [2.75, 3.05) is 23.7 Å². The Kier molecular flexibility index (Phi) is 7.31. The highest BCUT2D eigenvalue weighted by molar-refractivity contribution is 7.92. The van der Waals surface area contributed by atoms with E-state index in [-0.39, 0.29) is 6.54 Å². The van der Waals surface area contributed by atoms with Crippen LogP contribution in [0.4, 0.5) is 5.69 Å². The highest BCUT2D eigenvalue weighted by atomic mass is 32.2. The summed E-state index contributed by atoms with van der Waals surface area (Å²) < 4.78 is 31.5. The first kappa shape index (κ1) is 22.4. The molecule has 0 bridgehead atoms. The molecule has 162 valence electrons. The molecule has 7 heteroatoms. The van der Waals surface area contributed by atoms with Gasteiger partial charge < -0.3 is 10.1 Å². The first-order chi connectivity index (χ1) is 14.9. The van der Waals surface area contributed by atoms with Crippen molar-refractivity contribution in [1.29, 1.82) is 0 Å². The van der Waals surface area contributed by atoms with Crippen LogP contribution in [-0.4, -0.2) is 33.7 Å². The van der Waals surface area contributed by atoms with Crippen LogP contribution in [-0.2, 0) is 14.8 Å². The highest BCUT2D eigenvalue weighted by Gasteiger charge is 2.24. The Balaban J connectivity index is 1.86. The number of nitrogens with one attached hydrogen (secondary N) is 1. The minimum Gasteiger partial charge on any atom is -0.494 e. The second kappa shape index (κ2) is 10.1. The summed E-state index contributed by atoms with van der Waals surface area (Å²) >= 11 is 0. The van der Waals surface area contributed by atoms with E-state index in [0.29, 0.717) is 18.0 Å². The third-order valence-electron chi connectivity index (χ3n) is 4.68. The molecule has 1 N–H and O–H groups in total. The molecule has 0 fully saturated rings. The fraction of sp³-hybridized carbons (Fsp3) is 0.208. The van der Waals surface area contributed by atoms with Gasteiger partial charge in [0.2, 0.25) is 15.9 Å². The number of rotatable bonds is 9. The van der Waals surface area contributed by atoms with Gasteiger partial charge in [-0.05, 0) is 30.2 Å². The summed E-state index contributed by atoms with van der Waals surface area (Å²) in [5.41, 5.74) is 2.19. The number of carbonyl (C=O) groups is 1. The minimum absolute atomic E-state index is 0.343. The number of amides is 1. The topological polar surface area (TPSA) is 75.7 Å². The van der Waals surface area contributed by atoms with Gasteiger partial charge in [-0.3, -0.25) is 9.10 Å². The molecule has 0 aliphatic rings. The van der Waals surface area contributed by atoms with Crippen LogP contribution in [0.3, 0.4) is 0 Å². The van der Waals surface area contributed by atoms with Crippen LogP contribution in [0.1, 0.15) is 24.1 Å². The molecule has 0 aliphatic heterocycles. The van der Waals surface area contributed by atoms with E-state index in [9.17, 15) is 13.2 Å². The second-order valence-electron chi connectivity index (χ2n) is 7.02. The van der Waals surface area contributed by atoms with E-state index in [1.54, 1.807) is 24.3 Å². The predicted octanol–water partition coefficient (Wildman–Crippen LogP) is 3.76. The van der Waals surface area contributed by atoms with Crippen LogP contribution in [0.25, 0.3) is 0 Å². The Morgan fingerprint density at radius 1 is 0.935 bits per heavy atom. The van der Waals surface area contributed by atoms with Crippen molar-refractivity contribution in [1.82, 2.24) is 5.32 Å². The number of sulfonamides is 1. The van der Waals surface area contributed by atoms with Gasteiger partial charge in [-0.1, -0.05) is 66.7 Å². The predicted molar refractivity (Wildman–Crippen MR) is 123 cm³/mol. The number of hydrogen-bond donors (Lipinski definition) is 1. The van der Waals surface area contributed by atoms with Gasteiger partial charge >= 0.3 is 0 Å². The molecule has 0 aromatic heterocycles. The molecule has 31 heavy (non-hydrogen) atoms. The van der Waals surface area contributed by atoms with Gasteiger partial charge in [0.1, 0.15) is 12.3 Å². The van der Waals surface area contributed by atoms with Crippen molar-refractivity contribution in [3.63, 3.8) is 0 Å². The van der Waals surface area contributed by atoms with Gasteiger partial charge in [-0.2, -0.15) is 0 Å². The number of anilines is 1. The van der Waals surface area contributed by atoms with Crippen molar-refractivity contribution in [2.45, 2.75) is 13.0 Å². The summed E-state index contributed by atoms with van der Waals surface area (Å²) in [7, 11) is -3.69. The van der Waals surface area contributed by atoms with Crippen LogP contribution < -0.4 is 14.4 Å². The summed E-state index contributed by atoms with van der Waals surface area (Å²) in [6.07, 6.45) is 1.08. The lowest BCUT2D eigenvalue weighted by molar-refractivity contribution is -0.120. The van der Waals surface area contributed by atoms with Gasteiger partial charge in [0, 0.05) is 6.07 Å². The molecule has 0 radical (unpaired) electrons. The average molecular weight is 439 g/mol. The first-order valence-electron chi connectivity index (χ1n) is 9.98. The van der Waals surface area contributed by atoms with Crippen molar-refractivity contribution < 1.29 is 17.9 Å². The van der Waals surface area contributed by atoms with Crippen molar-refractivity contribution in [2.24, 2.45) is 0 Å². The lowest BCUT2D eigenvalue weighted by atomic mass is 9.99. The maximum atomic E-state index is 13.0. The standard InChI is InChI=1S/C24H26N2O4S/c1-3-30-22-16-10-15-21(17-22)26(31(2,28)29)18-23(27)25-24(19-11-6-4-7-12-19)20-13-8-5-9-14-20/h4-17,24H,3,18H2,1-2H3,(H,25,27). The molecule has 1 amide bonds. The Hall–Kier alpha value is -3.32. The number of hydrogen-bond acceptors (Lipinski definition) is 4. The SMILES string of the molecule is CCOc1cccc(N(CC(=O)NC(c2ccccc2)c2ccccc2)S(C)(=O)=O)c1. The van der Waals surface area contributed by atoms with E-state index in [2.05, 4.69) is 5.32 Å². The molecule has 0 saturated heterocycles. The van der Waals surface area contributed by atoms with Crippen LogP contribution in [0.5, 0.6) is 5.75 Å². The molecule has 0 aliphatic carbocycles. The fourth-order valence-electron chi connectivity index (χ4n) is 3.28. The Morgan fingerprint density at radius 2 is 1.52 bits per heavy atom. The van der Waals surface area contributed by atoms with Gasteiger partial charge in [-0.15, -0.1) is 0 Å². The van der Waals surface area contributed by atoms with Gasteiger partial charge in [0.15, 0.2) is 0 Å². The Morgan fingerprint density at radius 3 is 2.03 bits per heavy atom. The third kappa shape index (κ3) is 6.08. The monoisotopic (exact) mass is 438 g/mol. The van der Waals surface area contributed by atoms with Gasteiger partial charge in [0.05, 0.1) is 24.6 Å². The zero-order valence-electron chi connectivity index (χ0n) is 17.6. The number of benzene rings is 3. The quantitative estimate of drug-likeness (QED) is 0.552. The summed E-state index contributed by atoms with van der Waals surface area (Å²) in [4.78, 5) is 13.0. The van der Waals surface area contributed by atoms with E-state index in [1.165, 1.54) is 0 Å². The maximum absolute atomic E-state index is 13.0. The van der Waals surface area contributed by atoms with E-state index in [1.807, 2.05) is 67.6 Å². The zero-order valence-corrected chi connectivity index (χ0v) is 18.4. The molecule has 0 atom stereocenters. The summed E-state index contributed by atoms with van der Waals surface area (Å²) in [6.45, 7) is 1.96. The van der Waals surface area contributed by atoms with Crippen LogP contribution in [0.15, 0.2) is 84.9 Å². The molecule has 3 aromatic carbocycles. The fourth-order valence-corrected chi connectivity index (χ4v) is 4.13. The molecule has 6 nitrogen and oxygen atoms in total. The van der Waals surface area contributed by atoms with Crippen LogP contribution >= 0.6 is 0 Å². The van der Waals surface area contributed by atoms with Crippen LogP contribution in [0, 0.1) is 0 Å². The van der Waals surface area contributed by atoms with Crippen molar-refractivity contribution in [3.05, 3.63) is 96.1 Å². The number of carbonyl (C=O) groups excluding carboxylic acids is 1. The lowest BCUT2D eigenvalue weighted by Crippen LogP contribution is -2.41. The van der Waals surface area contributed by atoms with E-state index in [4.69, 9.17) is 4.74 Å². The molecule has 0 unspecified atom stereocenters. The largest absolute Gasteiger partial charge is 0.494 e. The summed E-state index contributed by atoms with van der Waals surface area (Å²) in [5, 5.41) is 2.99. The smallest absolute Gasteiger partial charge is 0.241 e. The maximum Gasteiger partial charge on any atom is 0.241 e. The summed E-state index contributed by atoms with van der Waals surface area (Å²) in [5.74, 6) is 0.130. The highest BCUT2D eigenvalue weighted by Crippen LogP contribution is 2.25. The van der Waals surface area contributed by atoms with E-state index < -0.39 is 22.0 Å².